The van der Waals surface area contributed by atoms with Crippen LogP contribution in [0.1, 0.15) is 52.0 Å². The van der Waals surface area contributed by atoms with Gasteiger partial charge >= 0.3 is 0 Å². The van der Waals surface area contributed by atoms with Crippen molar-refractivity contribution in [3.05, 3.63) is 35.6 Å². The van der Waals surface area contributed by atoms with Crippen molar-refractivity contribution in [1.29, 1.82) is 0 Å². The van der Waals surface area contributed by atoms with Gasteiger partial charge in [-0.05, 0) is 51.3 Å². The fourth-order valence-corrected chi connectivity index (χ4v) is 4.06. The molecular formula is C19H26FNO3S. The molecule has 1 aromatic carbocycles. The molecule has 2 fully saturated rings. The van der Waals surface area contributed by atoms with Crippen molar-refractivity contribution in [2.24, 2.45) is 4.40 Å². The van der Waals surface area contributed by atoms with E-state index in [1.807, 2.05) is 27.0 Å². The minimum absolute atomic E-state index is 0.260. The van der Waals surface area contributed by atoms with Gasteiger partial charge in [0.25, 0.3) is 0 Å². The van der Waals surface area contributed by atoms with E-state index in [0.717, 1.165) is 31.2 Å². The fourth-order valence-electron chi connectivity index (χ4n) is 3.44. The molecule has 1 saturated carbocycles. The molecule has 2 aliphatic rings. The first-order valence-electron chi connectivity index (χ1n) is 8.76. The monoisotopic (exact) mass is 367 g/mol. The predicted molar refractivity (Wildman–Crippen MR) is 97.6 cm³/mol. The van der Waals surface area contributed by atoms with Crippen LogP contribution in [-0.2, 0) is 26.3 Å². The fraction of sp³-hybridized carbons (Fsp3) is 0.632. The lowest BCUT2D eigenvalue weighted by atomic mass is 9.68. The summed E-state index contributed by atoms with van der Waals surface area (Å²) < 4.78 is 41.4. The van der Waals surface area contributed by atoms with E-state index in [1.165, 1.54) is 12.1 Å². The highest BCUT2D eigenvalue weighted by atomic mass is 32.2. The van der Waals surface area contributed by atoms with Crippen molar-refractivity contribution in [3.8, 4) is 0 Å². The lowest BCUT2D eigenvalue weighted by molar-refractivity contribution is -0.181. The summed E-state index contributed by atoms with van der Waals surface area (Å²) in [4.78, 5) is 0. The molecule has 1 aliphatic carbocycles. The van der Waals surface area contributed by atoms with Crippen molar-refractivity contribution in [3.63, 3.8) is 0 Å². The third kappa shape index (κ3) is 4.08. The van der Waals surface area contributed by atoms with Gasteiger partial charge in [0.2, 0.25) is 0 Å². The van der Waals surface area contributed by atoms with Crippen LogP contribution in [0.5, 0.6) is 0 Å². The Hall–Kier alpha value is -0.950. The first-order chi connectivity index (χ1) is 11.7. The Kier molecular flexibility index (Phi) is 5.26. The Morgan fingerprint density at radius 2 is 1.64 bits per heavy atom. The number of halogens is 1. The summed E-state index contributed by atoms with van der Waals surface area (Å²) in [6.07, 6.45) is 4.85. The van der Waals surface area contributed by atoms with E-state index in [1.54, 1.807) is 12.1 Å². The maximum Gasteiger partial charge on any atom is 0.168 e. The molecule has 4 nitrogen and oxygen atoms in total. The molecule has 0 amide bonds. The Balaban J connectivity index is 1.87. The van der Waals surface area contributed by atoms with E-state index in [9.17, 15) is 8.94 Å². The van der Waals surface area contributed by atoms with Crippen molar-refractivity contribution in [1.82, 2.24) is 0 Å². The average molecular weight is 367 g/mol. The van der Waals surface area contributed by atoms with Gasteiger partial charge in [0.15, 0.2) is 5.79 Å². The highest BCUT2D eigenvalue weighted by Gasteiger charge is 2.47. The second-order valence-corrected chi connectivity index (χ2v) is 9.80. The molecule has 0 bridgehead atoms. The molecule has 0 N–H and O–H groups in total. The maximum atomic E-state index is 13.4. The third-order valence-corrected chi connectivity index (χ3v) is 6.40. The van der Waals surface area contributed by atoms with Gasteiger partial charge in [0.05, 0.1) is 19.4 Å². The summed E-state index contributed by atoms with van der Waals surface area (Å²) in [6, 6.07) is 6.54. The maximum absolute atomic E-state index is 13.4. The van der Waals surface area contributed by atoms with E-state index in [0.29, 0.717) is 13.2 Å². The van der Waals surface area contributed by atoms with Gasteiger partial charge in [-0.15, -0.1) is 0 Å². The van der Waals surface area contributed by atoms with Gasteiger partial charge in [0.1, 0.15) is 21.9 Å². The Bertz CT molecular complexity index is 611. The van der Waals surface area contributed by atoms with E-state index in [4.69, 9.17) is 9.47 Å². The SMILES string of the molecule is CC(C)(C)[S+]([O-])/N=C/C1(c2ccc(F)cc2)CCC2(CC1)OCCO2. The molecule has 25 heavy (non-hydrogen) atoms. The Morgan fingerprint density at radius 1 is 1.08 bits per heavy atom. The molecule has 1 atom stereocenters. The van der Waals surface area contributed by atoms with E-state index in [2.05, 4.69) is 4.40 Å². The minimum Gasteiger partial charge on any atom is -0.591 e. The molecule has 1 spiro atoms. The number of hydrogen-bond acceptors (Lipinski definition) is 4. The van der Waals surface area contributed by atoms with E-state index < -0.39 is 21.9 Å². The topological polar surface area (TPSA) is 53.9 Å². The molecule has 1 aliphatic heterocycles. The van der Waals surface area contributed by atoms with Crippen LogP contribution in [0.4, 0.5) is 4.39 Å². The van der Waals surface area contributed by atoms with Gasteiger partial charge in [-0.25, -0.2) is 4.39 Å². The standard InChI is InChI=1S/C19H26FNO3S/c1-17(2,3)25(22)21-14-18(15-4-6-16(20)7-5-15)8-10-19(11-9-18)23-12-13-24-19/h4-7,14H,8-13H2,1-3H3/b21-14+. The highest BCUT2D eigenvalue weighted by molar-refractivity contribution is 7.91. The zero-order valence-electron chi connectivity index (χ0n) is 15.1. The quantitative estimate of drug-likeness (QED) is 0.601. The zero-order valence-corrected chi connectivity index (χ0v) is 15.9. The second kappa shape index (κ2) is 6.99. The minimum atomic E-state index is -1.32. The summed E-state index contributed by atoms with van der Waals surface area (Å²) in [5.41, 5.74) is 0.631. The van der Waals surface area contributed by atoms with E-state index >= 15 is 0 Å². The lowest BCUT2D eigenvalue weighted by Gasteiger charge is -2.41. The van der Waals surface area contributed by atoms with Crippen LogP contribution in [0.25, 0.3) is 0 Å². The molecule has 0 aromatic heterocycles. The molecule has 138 valence electrons. The summed E-state index contributed by atoms with van der Waals surface area (Å²) in [5.74, 6) is -0.746. The average Bonchev–Trinajstić information content (AvgIpc) is 3.03. The molecule has 1 aromatic rings. The molecule has 1 unspecified atom stereocenters. The normalized spacial score (nSPS) is 24.0. The van der Waals surface area contributed by atoms with Crippen LogP contribution < -0.4 is 0 Å². The first kappa shape index (κ1) is 18.8. The molecule has 1 heterocycles. The molecule has 1 saturated heterocycles. The van der Waals surface area contributed by atoms with Crippen LogP contribution in [-0.4, -0.2) is 34.5 Å². The smallest absolute Gasteiger partial charge is 0.168 e. The number of hydrogen-bond donors (Lipinski definition) is 0. The third-order valence-electron chi connectivity index (χ3n) is 5.06. The Labute approximate surface area is 152 Å². The molecule has 6 heteroatoms. The van der Waals surface area contributed by atoms with Crippen LogP contribution in [0, 0.1) is 5.82 Å². The van der Waals surface area contributed by atoms with Crippen LogP contribution >= 0.6 is 0 Å². The summed E-state index contributed by atoms with van der Waals surface area (Å²) in [7, 11) is 0. The van der Waals surface area contributed by atoms with Gasteiger partial charge in [-0.3, -0.25) is 0 Å². The van der Waals surface area contributed by atoms with Gasteiger partial charge in [0, 0.05) is 18.3 Å². The van der Waals surface area contributed by atoms with Crippen molar-refractivity contribution in [2.45, 2.75) is 62.4 Å². The Morgan fingerprint density at radius 3 is 2.16 bits per heavy atom. The van der Waals surface area contributed by atoms with Crippen LogP contribution in [0.3, 0.4) is 0 Å². The summed E-state index contributed by atoms with van der Waals surface area (Å²) in [6.45, 7) is 6.97. The van der Waals surface area contributed by atoms with Crippen LogP contribution in [0.2, 0.25) is 0 Å². The summed E-state index contributed by atoms with van der Waals surface area (Å²) >= 11 is -1.32. The van der Waals surface area contributed by atoms with Crippen molar-refractivity contribution < 1.29 is 18.4 Å². The lowest BCUT2D eigenvalue weighted by Crippen LogP contribution is -2.43. The summed E-state index contributed by atoms with van der Waals surface area (Å²) in [5, 5.41) is 0. The molecular weight excluding hydrogens is 341 g/mol. The molecule has 3 rings (SSSR count). The number of rotatable bonds is 3. The van der Waals surface area contributed by atoms with Gasteiger partial charge < -0.3 is 14.0 Å². The van der Waals surface area contributed by atoms with Crippen molar-refractivity contribution >= 4 is 17.6 Å². The molecule has 0 radical (unpaired) electrons. The number of nitrogens with zero attached hydrogens (tertiary/aromatic N) is 1. The number of benzene rings is 1. The first-order valence-corrected chi connectivity index (χ1v) is 9.87. The van der Waals surface area contributed by atoms with E-state index in [-0.39, 0.29) is 11.2 Å². The largest absolute Gasteiger partial charge is 0.591 e. The van der Waals surface area contributed by atoms with Gasteiger partial charge in [-0.1, -0.05) is 16.5 Å². The zero-order chi connectivity index (χ0) is 18.1. The van der Waals surface area contributed by atoms with Gasteiger partial charge in [-0.2, -0.15) is 0 Å². The highest BCUT2D eigenvalue weighted by Crippen LogP contribution is 2.45. The van der Waals surface area contributed by atoms with Crippen LogP contribution in [0.15, 0.2) is 28.7 Å². The second-order valence-electron chi connectivity index (χ2n) is 7.87. The predicted octanol–water partition coefficient (Wildman–Crippen LogP) is 3.91. The van der Waals surface area contributed by atoms with Crippen molar-refractivity contribution in [2.75, 3.05) is 13.2 Å². The number of ether oxygens (including phenoxy) is 2.